The van der Waals surface area contributed by atoms with Crippen molar-refractivity contribution in [2.45, 2.75) is 87.6 Å². The summed E-state index contributed by atoms with van der Waals surface area (Å²) in [6, 6.07) is -8.13. The number of aliphatic hydroxyl groups excluding tert-OH is 1. The minimum absolute atomic E-state index is 0.0428. The summed E-state index contributed by atoms with van der Waals surface area (Å²) in [6.45, 7) is -1.24. The van der Waals surface area contributed by atoms with Gasteiger partial charge in [0.2, 0.25) is 35.4 Å². The minimum atomic E-state index is -1.55. The lowest BCUT2D eigenvalue weighted by Gasteiger charge is -2.25. The van der Waals surface area contributed by atoms with Gasteiger partial charge in [0, 0.05) is 56.3 Å². The molecule has 0 saturated heterocycles. The smallest absolute Gasteiger partial charge is 0.326 e. The van der Waals surface area contributed by atoms with Crippen molar-refractivity contribution in [2.24, 2.45) is 55.1 Å². The highest BCUT2D eigenvalue weighted by atomic mass is 16.4. The average Bonchev–Trinajstić information content (AvgIpc) is 3.96. The zero-order chi connectivity index (χ0) is 47.6. The number of carbonyl (C=O) groups is 7. The molecule has 0 bridgehead atoms. The number of nitrogens with two attached hydrogens (primary N) is 7. The highest BCUT2D eigenvalue weighted by Crippen LogP contribution is 2.06. The number of rotatable bonds is 30. The summed E-state index contributed by atoms with van der Waals surface area (Å²) < 4.78 is 0. The zero-order valence-electron chi connectivity index (χ0n) is 35.0. The molecule has 6 amide bonds. The number of hydrogen-bond donors (Lipinski definition) is 17. The Morgan fingerprint density at radius 3 is 1.45 bits per heavy atom. The number of aromatic nitrogens is 4. The Labute approximate surface area is 366 Å². The number of carboxylic acid groups (broad SMARTS) is 1. The zero-order valence-corrected chi connectivity index (χ0v) is 35.0. The van der Waals surface area contributed by atoms with E-state index < -0.39 is 90.8 Å². The molecule has 0 aliphatic heterocycles. The number of nitrogens with zero attached hydrogens (tertiary/aromatic N) is 5. The molecule has 0 aliphatic rings. The van der Waals surface area contributed by atoms with Crippen LogP contribution >= 0.6 is 0 Å². The Balaban J connectivity index is 2.22. The summed E-state index contributed by atoms with van der Waals surface area (Å²) in [5.41, 5.74) is 38.8. The lowest BCUT2D eigenvalue weighted by molar-refractivity contribution is -0.142. The molecule has 2 rings (SSSR count). The van der Waals surface area contributed by atoms with Gasteiger partial charge in [-0.2, -0.15) is 0 Å². The Kier molecular flexibility index (Phi) is 23.1. The molecule has 2 aromatic heterocycles. The van der Waals surface area contributed by atoms with Gasteiger partial charge in [-0.1, -0.05) is 0 Å². The van der Waals surface area contributed by atoms with E-state index in [9.17, 15) is 43.8 Å². The maximum Gasteiger partial charge on any atom is 0.326 e. The molecule has 0 saturated carbocycles. The highest BCUT2D eigenvalue weighted by Gasteiger charge is 2.32. The van der Waals surface area contributed by atoms with Gasteiger partial charge in [0.1, 0.15) is 30.2 Å². The summed E-state index contributed by atoms with van der Waals surface area (Å²) in [6.07, 6.45) is 5.80. The van der Waals surface area contributed by atoms with Crippen molar-refractivity contribution in [3.8, 4) is 0 Å². The summed E-state index contributed by atoms with van der Waals surface area (Å²) >= 11 is 0. The third-order valence-corrected chi connectivity index (χ3v) is 8.92. The van der Waals surface area contributed by atoms with Crippen LogP contribution in [0.15, 0.2) is 40.0 Å². The number of aliphatic carboxylic acids is 1. The molecule has 0 spiro atoms. The number of aliphatic hydroxyl groups is 1. The quantitative estimate of drug-likeness (QED) is 0.0197. The number of H-pyrrole nitrogens is 2. The predicted octanol–water partition coefficient (Wildman–Crippen LogP) is -7.98. The van der Waals surface area contributed by atoms with E-state index in [1.165, 1.54) is 25.0 Å². The molecule has 0 radical (unpaired) electrons. The fourth-order valence-corrected chi connectivity index (χ4v) is 5.66. The lowest BCUT2D eigenvalue weighted by Crippen LogP contribution is -2.59. The van der Waals surface area contributed by atoms with Gasteiger partial charge in [0.15, 0.2) is 17.9 Å². The van der Waals surface area contributed by atoms with Crippen molar-refractivity contribution in [3.63, 3.8) is 0 Å². The Morgan fingerprint density at radius 1 is 0.578 bits per heavy atom. The SMILES string of the molecule is NC(N)=NCCC[C@H](NC(=O)[C@H](Cc1cnc[nH]1)NC(=O)CNC(=O)[C@H](CCCN=C(N)N)NC(=O)[C@H](Cc1cnc[nH]1)NC(=O)[C@H](CO)NC(=O)[C@@H](N)CCCN=C(N)N)C(=O)O. The number of imidazole rings is 2. The van der Waals surface area contributed by atoms with E-state index in [1.807, 2.05) is 0 Å². The maximum atomic E-state index is 13.9. The molecular weight excluding hydrogens is 845 g/mol. The first-order valence-electron chi connectivity index (χ1n) is 19.9. The Hall–Kier alpha value is -7.56. The van der Waals surface area contributed by atoms with Crippen molar-refractivity contribution in [1.29, 1.82) is 0 Å². The van der Waals surface area contributed by atoms with Crippen LogP contribution in [0.3, 0.4) is 0 Å². The highest BCUT2D eigenvalue weighted by molar-refractivity contribution is 5.96. The molecule has 0 aliphatic carbocycles. The fourth-order valence-electron chi connectivity index (χ4n) is 5.66. The standard InChI is InChI=1S/C35H60N20O9/c36-20(4-1-7-45-33(37)38)27(58)55-25(15-56)31(62)54-24(11-19-13-44-17-50-19)30(61)52-21(5-2-8-46-34(39)40)28(59)48-14-26(57)51-23(10-18-12-43-16-49-18)29(60)53-22(32(63)64)6-3-9-47-35(41)42/h12-13,16-17,20-25,56H,1-11,14-15,36H2,(H,43,49)(H,44,50)(H,48,59)(H,51,57)(H,52,61)(H,53,60)(H,54,62)(H,55,58)(H,63,64)(H4,37,38,45)(H4,39,40,46)(H4,41,42,47)/t20-,21-,22-,23-,24-,25-/m0/s1. The molecule has 0 unspecified atom stereocenters. The van der Waals surface area contributed by atoms with Crippen LogP contribution in [-0.4, -0.2) is 158 Å². The van der Waals surface area contributed by atoms with Gasteiger partial charge in [0.25, 0.3) is 0 Å². The predicted molar refractivity (Wildman–Crippen MR) is 230 cm³/mol. The third-order valence-electron chi connectivity index (χ3n) is 8.92. The molecule has 24 N–H and O–H groups in total. The van der Waals surface area contributed by atoms with Crippen LogP contribution < -0.4 is 72.0 Å². The van der Waals surface area contributed by atoms with Gasteiger partial charge in [-0.3, -0.25) is 43.7 Å². The van der Waals surface area contributed by atoms with E-state index >= 15 is 0 Å². The first kappa shape index (κ1) is 52.6. The number of amides is 6. The minimum Gasteiger partial charge on any atom is -0.480 e. The molecule has 0 fully saturated rings. The number of hydrogen-bond acceptors (Lipinski definition) is 14. The van der Waals surface area contributed by atoms with Gasteiger partial charge in [-0.15, -0.1) is 0 Å². The third kappa shape index (κ3) is 20.8. The number of aliphatic imine (C=N–C) groups is 3. The monoisotopic (exact) mass is 904 g/mol. The van der Waals surface area contributed by atoms with Gasteiger partial charge in [-0.05, 0) is 38.5 Å². The molecule has 6 atom stereocenters. The van der Waals surface area contributed by atoms with Crippen LogP contribution in [0, 0.1) is 0 Å². The molecule has 64 heavy (non-hydrogen) atoms. The summed E-state index contributed by atoms with van der Waals surface area (Å²) in [4.78, 5) is 117. The van der Waals surface area contributed by atoms with E-state index in [0.29, 0.717) is 17.8 Å². The maximum absolute atomic E-state index is 13.9. The van der Waals surface area contributed by atoms with Crippen molar-refractivity contribution in [3.05, 3.63) is 36.4 Å². The van der Waals surface area contributed by atoms with Crippen molar-refractivity contribution < 1.29 is 43.8 Å². The van der Waals surface area contributed by atoms with Crippen molar-refractivity contribution in [1.82, 2.24) is 51.8 Å². The lowest BCUT2D eigenvalue weighted by atomic mass is 10.1. The van der Waals surface area contributed by atoms with E-state index in [-0.39, 0.29) is 82.5 Å². The van der Waals surface area contributed by atoms with Gasteiger partial charge in [-0.25, -0.2) is 14.8 Å². The fraction of sp³-hybridized carbons (Fsp3) is 0.543. The van der Waals surface area contributed by atoms with Gasteiger partial charge < -0.3 is 92.2 Å². The van der Waals surface area contributed by atoms with E-state index in [0.717, 1.165) is 0 Å². The van der Waals surface area contributed by atoms with E-state index in [2.05, 4.69) is 66.8 Å². The van der Waals surface area contributed by atoms with E-state index in [4.69, 9.17) is 40.1 Å². The molecule has 354 valence electrons. The van der Waals surface area contributed by atoms with E-state index in [1.54, 1.807) is 0 Å². The normalized spacial score (nSPS) is 13.5. The summed E-state index contributed by atoms with van der Waals surface area (Å²) in [5.74, 6) is -7.12. The first-order valence-corrected chi connectivity index (χ1v) is 19.9. The molecule has 0 aromatic carbocycles. The van der Waals surface area contributed by atoms with Crippen LogP contribution in [0.2, 0.25) is 0 Å². The first-order chi connectivity index (χ1) is 30.4. The van der Waals surface area contributed by atoms with Gasteiger partial charge in [0.05, 0.1) is 31.8 Å². The largest absolute Gasteiger partial charge is 0.480 e. The molecule has 2 heterocycles. The molecule has 29 heteroatoms. The number of guanidine groups is 3. The summed E-state index contributed by atoms with van der Waals surface area (Å²) in [7, 11) is 0. The Morgan fingerprint density at radius 2 is 1.00 bits per heavy atom. The average molecular weight is 905 g/mol. The summed E-state index contributed by atoms with van der Waals surface area (Å²) in [5, 5.41) is 34.4. The van der Waals surface area contributed by atoms with Gasteiger partial charge >= 0.3 is 5.97 Å². The van der Waals surface area contributed by atoms with Crippen molar-refractivity contribution in [2.75, 3.05) is 32.8 Å². The van der Waals surface area contributed by atoms with Crippen LogP contribution in [0.4, 0.5) is 0 Å². The second-order valence-corrected chi connectivity index (χ2v) is 14.1. The Bertz CT molecular complexity index is 1890. The van der Waals surface area contributed by atoms with Crippen molar-refractivity contribution >= 4 is 59.3 Å². The van der Waals surface area contributed by atoms with Crippen LogP contribution in [0.25, 0.3) is 0 Å². The molecular formula is C35H60N20O9. The second-order valence-electron chi connectivity index (χ2n) is 14.1. The topological polar surface area (TPSA) is 509 Å². The van der Waals surface area contributed by atoms with Crippen LogP contribution in [0.1, 0.15) is 49.9 Å². The molecule has 2 aromatic rings. The van der Waals surface area contributed by atoms with Crippen LogP contribution in [-0.2, 0) is 46.4 Å². The second kappa shape index (κ2) is 28.1. The number of nitrogens with one attached hydrogen (secondary N) is 8. The number of carbonyl (C=O) groups excluding carboxylic acids is 6. The number of carboxylic acids is 1. The molecule has 29 nitrogen and oxygen atoms in total. The van der Waals surface area contributed by atoms with Crippen LogP contribution in [0.5, 0.6) is 0 Å². The number of aromatic amines is 2.